The number of ketones is 1. The van der Waals surface area contributed by atoms with Crippen LogP contribution in [0.2, 0.25) is 0 Å². The second kappa shape index (κ2) is 8.88. The lowest BCUT2D eigenvalue weighted by molar-refractivity contribution is -0.183. The van der Waals surface area contributed by atoms with E-state index in [2.05, 4.69) is 13.8 Å². The molecule has 214 valence electrons. The quantitative estimate of drug-likeness (QED) is 0.410. The first kappa shape index (κ1) is 27.0. The summed E-state index contributed by atoms with van der Waals surface area (Å²) in [7, 11) is 3.20. The zero-order valence-electron chi connectivity index (χ0n) is 23.5. The Morgan fingerprint density at radius 3 is 2.64 bits per heavy atom. The predicted octanol–water partition coefficient (Wildman–Crippen LogP) is 2.78. The first-order valence-corrected chi connectivity index (χ1v) is 14.4. The van der Waals surface area contributed by atoms with Crippen LogP contribution in [-0.4, -0.2) is 83.2 Å². The Balaban J connectivity index is 1.25. The summed E-state index contributed by atoms with van der Waals surface area (Å²) in [4.78, 5) is 39.7. The highest BCUT2D eigenvalue weighted by molar-refractivity contribution is 6.01. The van der Waals surface area contributed by atoms with Crippen LogP contribution < -0.4 is 0 Å². The minimum Gasteiger partial charge on any atom is -0.458 e. The molecule has 2 aliphatic heterocycles. The number of carbonyl (C=O) groups is 3. The van der Waals surface area contributed by atoms with Crippen molar-refractivity contribution in [2.24, 2.45) is 35.0 Å². The van der Waals surface area contributed by atoms with Crippen LogP contribution in [0, 0.1) is 35.0 Å². The number of rotatable bonds is 4. The minimum atomic E-state index is -1.72. The van der Waals surface area contributed by atoms with Crippen molar-refractivity contribution in [1.82, 2.24) is 4.90 Å². The summed E-state index contributed by atoms with van der Waals surface area (Å²) in [5.41, 5.74) is -1.68. The van der Waals surface area contributed by atoms with Gasteiger partial charge in [-0.1, -0.05) is 19.4 Å². The van der Waals surface area contributed by atoms with Crippen molar-refractivity contribution >= 4 is 17.8 Å². The second-order valence-corrected chi connectivity index (χ2v) is 13.4. The normalized spacial score (nSPS) is 46.9. The second-order valence-electron chi connectivity index (χ2n) is 13.4. The van der Waals surface area contributed by atoms with E-state index in [1.807, 2.05) is 6.92 Å². The maximum Gasteiger partial charge on any atom is 0.409 e. The largest absolute Gasteiger partial charge is 0.458 e. The summed E-state index contributed by atoms with van der Waals surface area (Å²) in [6.45, 7) is 6.13. The number of aliphatic hydroxyl groups excluding tert-OH is 1. The molecule has 1 saturated heterocycles. The van der Waals surface area contributed by atoms with E-state index in [9.17, 15) is 24.6 Å². The maximum atomic E-state index is 13.4. The number of hydrogen-bond donors (Lipinski definition) is 2. The molecule has 1 amide bonds. The molecule has 0 aromatic heterocycles. The highest BCUT2D eigenvalue weighted by atomic mass is 16.7. The van der Waals surface area contributed by atoms with Crippen LogP contribution in [0.15, 0.2) is 23.3 Å². The number of nitrogens with zero attached hydrogens (tertiary/aromatic N) is 1. The average molecular weight is 544 g/mol. The van der Waals surface area contributed by atoms with Gasteiger partial charge in [-0.3, -0.25) is 4.79 Å². The van der Waals surface area contributed by atoms with E-state index < -0.39 is 29.4 Å². The van der Waals surface area contributed by atoms with Crippen molar-refractivity contribution in [3.05, 3.63) is 23.3 Å². The van der Waals surface area contributed by atoms with E-state index in [-0.39, 0.29) is 47.8 Å². The molecule has 0 bridgehead atoms. The number of epoxide rings is 1. The first-order valence-electron chi connectivity index (χ1n) is 14.4. The van der Waals surface area contributed by atoms with Crippen LogP contribution >= 0.6 is 0 Å². The summed E-state index contributed by atoms with van der Waals surface area (Å²) in [6, 6.07) is 0. The van der Waals surface area contributed by atoms with Crippen molar-refractivity contribution in [3.8, 4) is 0 Å². The summed E-state index contributed by atoms with van der Waals surface area (Å²) < 4.78 is 17.8. The average Bonchev–Trinajstić information content (AvgIpc) is 3.51. The Labute approximate surface area is 229 Å². The Bertz CT molecular complexity index is 1160. The van der Waals surface area contributed by atoms with Gasteiger partial charge in [-0.2, -0.15) is 0 Å². The Kier molecular flexibility index (Phi) is 6.14. The van der Waals surface area contributed by atoms with Gasteiger partial charge in [0.1, 0.15) is 6.10 Å². The lowest BCUT2D eigenvalue weighted by Gasteiger charge is -2.57. The van der Waals surface area contributed by atoms with Gasteiger partial charge >= 0.3 is 12.1 Å². The third-order valence-electron chi connectivity index (χ3n) is 11.6. The topological polar surface area (TPSA) is 126 Å². The lowest BCUT2D eigenvalue weighted by Crippen LogP contribution is -2.70. The van der Waals surface area contributed by atoms with E-state index in [0.717, 1.165) is 31.3 Å². The third kappa shape index (κ3) is 3.51. The van der Waals surface area contributed by atoms with E-state index in [0.29, 0.717) is 30.3 Å². The summed E-state index contributed by atoms with van der Waals surface area (Å²) in [5.74, 6) is -0.129. The summed E-state index contributed by atoms with van der Waals surface area (Å²) in [6.07, 6.45) is 5.92. The van der Waals surface area contributed by atoms with Gasteiger partial charge < -0.3 is 29.3 Å². The fourth-order valence-corrected chi connectivity index (χ4v) is 9.57. The molecule has 6 aliphatic rings. The highest BCUT2D eigenvalue weighted by Crippen LogP contribution is 2.70. The van der Waals surface area contributed by atoms with E-state index in [1.165, 1.54) is 11.0 Å². The zero-order valence-corrected chi connectivity index (χ0v) is 23.5. The smallest absolute Gasteiger partial charge is 0.409 e. The van der Waals surface area contributed by atoms with Crippen molar-refractivity contribution in [1.29, 1.82) is 0 Å². The fraction of sp³-hybridized carbons (Fsp3) is 0.767. The minimum absolute atomic E-state index is 0.0164. The van der Waals surface area contributed by atoms with Crippen LogP contribution in [0.1, 0.15) is 59.3 Å². The van der Waals surface area contributed by atoms with Crippen molar-refractivity contribution in [3.63, 3.8) is 0 Å². The maximum absolute atomic E-state index is 13.4. The molecular weight excluding hydrogens is 502 g/mol. The molecule has 6 rings (SSSR count). The van der Waals surface area contributed by atoms with Gasteiger partial charge in [-0.05, 0) is 80.3 Å². The number of carbonyl (C=O) groups excluding carboxylic acids is 3. The molecular formula is C30H41NO8. The molecule has 0 radical (unpaired) electrons. The van der Waals surface area contributed by atoms with Crippen molar-refractivity contribution in [2.45, 2.75) is 88.8 Å². The first-order chi connectivity index (χ1) is 18.4. The molecule has 0 aromatic carbocycles. The number of fused-ring (bicyclic) bond motifs is 4. The lowest BCUT2D eigenvalue weighted by atomic mass is 9.47. The van der Waals surface area contributed by atoms with Gasteiger partial charge in [0.15, 0.2) is 23.1 Å². The molecule has 0 aromatic rings. The number of cyclic esters (lactones) is 1. The van der Waals surface area contributed by atoms with Crippen LogP contribution in [0.25, 0.3) is 0 Å². The number of amides is 1. The SMILES string of the molecule is CC1=C(CO)C(=O)O[C@@H]([C@@H](C)[C@H]2CC[C@H]3[C@@H]4C[C@H]5O[C@]56[C@@H](OC(=O)N(C)C)C=CC(=O)C6(O)[C@H]4CC[C@]23C)C1. The Morgan fingerprint density at radius 1 is 1.23 bits per heavy atom. The van der Waals surface area contributed by atoms with Gasteiger partial charge in [0.05, 0.1) is 18.3 Å². The van der Waals surface area contributed by atoms with Crippen LogP contribution in [0.4, 0.5) is 4.79 Å². The molecule has 39 heavy (non-hydrogen) atoms. The van der Waals surface area contributed by atoms with Crippen molar-refractivity contribution in [2.75, 3.05) is 20.7 Å². The van der Waals surface area contributed by atoms with Gasteiger partial charge in [-0.25, -0.2) is 9.59 Å². The van der Waals surface area contributed by atoms with Gasteiger partial charge in [0.25, 0.3) is 0 Å². The number of ether oxygens (including phenoxy) is 3. The van der Waals surface area contributed by atoms with Crippen LogP contribution in [0.5, 0.6) is 0 Å². The zero-order chi connectivity index (χ0) is 28.1. The predicted molar refractivity (Wildman–Crippen MR) is 139 cm³/mol. The summed E-state index contributed by atoms with van der Waals surface area (Å²) >= 11 is 0. The summed E-state index contributed by atoms with van der Waals surface area (Å²) in [5, 5.41) is 21.8. The molecule has 1 unspecified atom stereocenters. The van der Waals surface area contributed by atoms with Crippen molar-refractivity contribution < 1.29 is 38.8 Å². The van der Waals surface area contributed by atoms with Crippen LogP contribution in [-0.2, 0) is 23.8 Å². The van der Waals surface area contributed by atoms with Gasteiger partial charge in [0, 0.05) is 26.4 Å². The molecule has 4 aliphatic carbocycles. The number of hydrogen-bond acceptors (Lipinski definition) is 8. The molecule has 2 heterocycles. The third-order valence-corrected chi connectivity index (χ3v) is 11.6. The van der Waals surface area contributed by atoms with E-state index in [1.54, 1.807) is 20.2 Å². The van der Waals surface area contributed by atoms with Crippen LogP contribution in [0.3, 0.4) is 0 Å². The molecule has 4 fully saturated rings. The Hall–Kier alpha value is -2.23. The number of esters is 1. The number of aliphatic hydroxyl groups is 2. The van der Waals surface area contributed by atoms with E-state index in [4.69, 9.17) is 14.2 Å². The molecule has 9 heteroatoms. The van der Waals surface area contributed by atoms with Gasteiger partial charge in [0.2, 0.25) is 0 Å². The highest BCUT2D eigenvalue weighted by Gasteiger charge is 2.83. The molecule has 1 spiro atoms. The Morgan fingerprint density at radius 2 is 1.97 bits per heavy atom. The van der Waals surface area contributed by atoms with E-state index >= 15 is 0 Å². The molecule has 2 N–H and O–H groups in total. The fourth-order valence-electron chi connectivity index (χ4n) is 9.57. The molecule has 9 nitrogen and oxygen atoms in total. The monoisotopic (exact) mass is 543 g/mol. The standard InChI is InChI=1S/C30H41NO8/c1-15-12-22(37-26(34)18(15)14-32)16(2)19-6-7-20-17-13-25-30(39-25)24(38-27(35)31(4)5)9-8-23(33)29(30,36)21(17)10-11-28(19,20)3/h8-9,16-17,19-22,24-25,32,36H,6-7,10-14H2,1-5H3/t16-,17-,19+,20-,21-,22+,24-,25+,28+,29?,30+/m0/s1. The molecule has 11 atom stereocenters. The van der Waals surface area contributed by atoms with Gasteiger partial charge in [-0.15, -0.1) is 0 Å². The molecule has 3 saturated carbocycles.